The number of ether oxygens (including phenoxy) is 1. The second-order valence-electron chi connectivity index (χ2n) is 6.70. The second kappa shape index (κ2) is 10.0. The van der Waals surface area contributed by atoms with Crippen LogP contribution in [0, 0.1) is 12.7 Å². The fraction of sp³-hybridized carbons (Fsp3) is 0.182. The number of hydrogen-bond acceptors (Lipinski definition) is 9. The third-order valence-electron chi connectivity index (χ3n) is 4.35. The van der Waals surface area contributed by atoms with Crippen LogP contribution < -0.4 is 5.32 Å². The molecular weight excluding hydrogens is 469 g/mol. The Labute approximate surface area is 196 Å². The lowest BCUT2D eigenvalue weighted by Gasteiger charge is -2.07. The number of aromatic nitrogens is 2. The van der Waals surface area contributed by atoms with Gasteiger partial charge in [0.05, 0.1) is 12.4 Å². The van der Waals surface area contributed by atoms with Crippen LogP contribution in [0.5, 0.6) is 0 Å². The summed E-state index contributed by atoms with van der Waals surface area (Å²) in [5.41, 5.74) is 1.36. The van der Waals surface area contributed by atoms with Gasteiger partial charge in [-0.2, -0.15) is 0 Å². The molecule has 170 valence electrons. The van der Waals surface area contributed by atoms with Crippen molar-refractivity contribution in [3.05, 3.63) is 58.9 Å². The van der Waals surface area contributed by atoms with Gasteiger partial charge in [0.1, 0.15) is 27.9 Å². The number of thioether (sulfide) groups is 1. The summed E-state index contributed by atoms with van der Waals surface area (Å²) >= 11 is 2.24. The van der Waals surface area contributed by atoms with Crippen LogP contribution in [-0.4, -0.2) is 34.4 Å². The van der Waals surface area contributed by atoms with Gasteiger partial charge in [-0.05, 0) is 50.2 Å². The van der Waals surface area contributed by atoms with E-state index < -0.39 is 5.97 Å². The Morgan fingerprint density at radius 3 is 2.64 bits per heavy atom. The molecular formula is C22H18FN3O5S2. The topological polar surface area (TPSA) is 107 Å². The Morgan fingerprint density at radius 2 is 1.94 bits per heavy atom. The van der Waals surface area contributed by atoms with Gasteiger partial charge < -0.3 is 18.9 Å². The van der Waals surface area contributed by atoms with Crippen molar-refractivity contribution in [1.29, 1.82) is 0 Å². The van der Waals surface area contributed by atoms with Gasteiger partial charge in [0.15, 0.2) is 0 Å². The van der Waals surface area contributed by atoms with Gasteiger partial charge in [0, 0.05) is 16.5 Å². The smallest absolute Gasteiger partial charge is 0.341 e. The van der Waals surface area contributed by atoms with Crippen LogP contribution >= 0.6 is 23.1 Å². The van der Waals surface area contributed by atoms with E-state index in [0.29, 0.717) is 27.6 Å². The van der Waals surface area contributed by atoms with E-state index in [0.717, 1.165) is 11.8 Å². The minimum atomic E-state index is -0.549. The lowest BCUT2D eigenvalue weighted by Crippen LogP contribution is -2.16. The molecule has 11 heteroatoms. The highest BCUT2D eigenvalue weighted by molar-refractivity contribution is 7.99. The van der Waals surface area contributed by atoms with Crippen molar-refractivity contribution in [2.45, 2.75) is 19.1 Å². The molecule has 0 saturated heterocycles. The van der Waals surface area contributed by atoms with Gasteiger partial charge in [-0.15, -0.1) is 21.5 Å². The fourth-order valence-electron chi connectivity index (χ4n) is 2.88. The predicted molar refractivity (Wildman–Crippen MR) is 122 cm³/mol. The van der Waals surface area contributed by atoms with E-state index in [1.54, 1.807) is 31.4 Å². The number of aryl methyl sites for hydroxylation is 1. The molecule has 8 nitrogen and oxygen atoms in total. The normalized spacial score (nSPS) is 10.9. The molecule has 0 radical (unpaired) electrons. The molecule has 0 aliphatic carbocycles. The summed E-state index contributed by atoms with van der Waals surface area (Å²) in [7, 11) is 0. The zero-order chi connectivity index (χ0) is 23.4. The minimum Gasteiger partial charge on any atom is -0.462 e. The Morgan fingerprint density at radius 1 is 1.15 bits per heavy atom. The Hall–Kier alpha value is -3.44. The number of furan rings is 1. The number of rotatable bonds is 8. The molecule has 4 rings (SSSR count). The van der Waals surface area contributed by atoms with E-state index in [1.807, 2.05) is 0 Å². The average Bonchev–Trinajstić information content (AvgIpc) is 3.53. The van der Waals surface area contributed by atoms with Gasteiger partial charge in [-0.25, -0.2) is 9.18 Å². The number of carbonyl (C=O) groups excluding carboxylic acids is 2. The first-order chi connectivity index (χ1) is 15.9. The quantitative estimate of drug-likeness (QED) is 0.260. The molecule has 1 amide bonds. The lowest BCUT2D eigenvalue weighted by atomic mass is 10.1. The zero-order valence-corrected chi connectivity index (χ0v) is 19.2. The van der Waals surface area contributed by atoms with Crippen LogP contribution in [0.25, 0.3) is 22.8 Å². The van der Waals surface area contributed by atoms with Gasteiger partial charge in [-0.3, -0.25) is 4.79 Å². The molecule has 0 saturated carbocycles. The van der Waals surface area contributed by atoms with Crippen molar-refractivity contribution in [2.24, 2.45) is 0 Å². The van der Waals surface area contributed by atoms with Crippen LogP contribution in [0.15, 0.2) is 55.8 Å². The molecule has 33 heavy (non-hydrogen) atoms. The first kappa shape index (κ1) is 22.7. The molecule has 0 aliphatic heterocycles. The van der Waals surface area contributed by atoms with E-state index in [2.05, 4.69) is 15.5 Å². The van der Waals surface area contributed by atoms with Gasteiger partial charge in [0.2, 0.25) is 11.8 Å². The molecule has 0 atom stereocenters. The zero-order valence-electron chi connectivity index (χ0n) is 17.6. The van der Waals surface area contributed by atoms with Crippen LogP contribution in [-0.2, 0) is 9.53 Å². The first-order valence-electron chi connectivity index (χ1n) is 9.82. The Kier molecular flexibility index (Phi) is 6.90. The van der Waals surface area contributed by atoms with E-state index in [1.165, 1.54) is 35.6 Å². The first-order valence-corrected chi connectivity index (χ1v) is 11.7. The molecule has 3 heterocycles. The minimum absolute atomic E-state index is 0.0274. The van der Waals surface area contributed by atoms with Crippen LogP contribution in [0.1, 0.15) is 23.0 Å². The second-order valence-corrected chi connectivity index (χ2v) is 8.51. The standard InChI is InChI=1S/C22H18FN3O5S2/c1-3-29-21(28)18-15(16-9-4-12(2)30-16)10-32-20(18)24-17(27)11-33-22-26-25-19(31-22)13-5-7-14(23)8-6-13/h4-10H,3,11H2,1-2H3,(H,24,27). The molecule has 4 aromatic rings. The summed E-state index contributed by atoms with van der Waals surface area (Å²) in [6.07, 6.45) is 0. The molecule has 0 spiro atoms. The molecule has 0 aliphatic rings. The predicted octanol–water partition coefficient (Wildman–Crippen LogP) is 5.41. The molecule has 1 aromatic carbocycles. The van der Waals surface area contributed by atoms with Crippen molar-refractivity contribution in [3.8, 4) is 22.8 Å². The third kappa shape index (κ3) is 5.32. The number of hydrogen-bond donors (Lipinski definition) is 1. The van der Waals surface area contributed by atoms with Gasteiger partial charge in [-0.1, -0.05) is 11.8 Å². The molecule has 0 unspecified atom stereocenters. The number of esters is 1. The monoisotopic (exact) mass is 487 g/mol. The van der Waals surface area contributed by atoms with Crippen molar-refractivity contribution in [2.75, 3.05) is 17.7 Å². The van der Waals surface area contributed by atoms with E-state index >= 15 is 0 Å². The summed E-state index contributed by atoms with van der Waals surface area (Å²) in [5.74, 6) is 0.126. The highest BCUT2D eigenvalue weighted by Crippen LogP contribution is 2.37. The van der Waals surface area contributed by atoms with Gasteiger partial charge in [0.25, 0.3) is 5.22 Å². The van der Waals surface area contributed by atoms with Crippen molar-refractivity contribution < 1.29 is 27.6 Å². The van der Waals surface area contributed by atoms with E-state index in [-0.39, 0.29) is 40.8 Å². The highest BCUT2D eigenvalue weighted by Gasteiger charge is 2.24. The average molecular weight is 488 g/mol. The van der Waals surface area contributed by atoms with Crippen LogP contribution in [0.4, 0.5) is 9.39 Å². The fourth-order valence-corrected chi connectivity index (χ4v) is 4.40. The summed E-state index contributed by atoms with van der Waals surface area (Å²) in [6, 6.07) is 9.18. The number of nitrogens with zero attached hydrogens (tertiary/aromatic N) is 2. The Bertz CT molecular complexity index is 1280. The third-order valence-corrected chi connectivity index (χ3v) is 6.07. The number of benzene rings is 1. The molecule has 1 N–H and O–H groups in total. The Balaban J connectivity index is 1.45. The number of thiophene rings is 1. The van der Waals surface area contributed by atoms with E-state index in [4.69, 9.17) is 13.6 Å². The number of carbonyl (C=O) groups is 2. The molecule has 0 fully saturated rings. The molecule has 0 bridgehead atoms. The maximum Gasteiger partial charge on any atom is 0.341 e. The number of nitrogens with one attached hydrogen (secondary N) is 1. The van der Waals surface area contributed by atoms with Crippen molar-refractivity contribution in [1.82, 2.24) is 10.2 Å². The summed E-state index contributed by atoms with van der Waals surface area (Å²) in [5, 5.41) is 12.8. The number of amides is 1. The SMILES string of the molecule is CCOC(=O)c1c(-c2ccc(C)o2)csc1NC(=O)CSc1nnc(-c2ccc(F)cc2)o1. The summed E-state index contributed by atoms with van der Waals surface area (Å²) in [6.45, 7) is 3.71. The maximum atomic E-state index is 13.1. The van der Waals surface area contributed by atoms with Crippen molar-refractivity contribution in [3.63, 3.8) is 0 Å². The number of anilines is 1. The number of halogens is 1. The van der Waals surface area contributed by atoms with E-state index in [9.17, 15) is 14.0 Å². The summed E-state index contributed by atoms with van der Waals surface area (Å²) in [4.78, 5) is 25.1. The summed E-state index contributed by atoms with van der Waals surface area (Å²) < 4.78 is 29.4. The molecule has 3 aromatic heterocycles. The highest BCUT2D eigenvalue weighted by atomic mass is 32.2. The van der Waals surface area contributed by atoms with Crippen molar-refractivity contribution >= 4 is 40.0 Å². The van der Waals surface area contributed by atoms with Crippen LogP contribution in [0.2, 0.25) is 0 Å². The lowest BCUT2D eigenvalue weighted by molar-refractivity contribution is -0.113. The van der Waals surface area contributed by atoms with Gasteiger partial charge >= 0.3 is 5.97 Å². The largest absolute Gasteiger partial charge is 0.462 e. The maximum absolute atomic E-state index is 13.1. The van der Waals surface area contributed by atoms with Crippen LogP contribution in [0.3, 0.4) is 0 Å².